The predicted octanol–water partition coefficient (Wildman–Crippen LogP) is 2.71. The summed E-state index contributed by atoms with van der Waals surface area (Å²) in [5.41, 5.74) is 0.370. The maximum absolute atomic E-state index is 10.3. The first kappa shape index (κ1) is 8.10. The van der Waals surface area contributed by atoms with Crippen molar-refractivity contribution in [2.75, 3.05) is 0 Å². The van der Waals surface area contributed by atoms with Crippen molar-refractivity contribution in [1.82, 2.24) is 0 Å². The predicted molar refractivity (Wildman–Crippen MR) is 36.5 cm³/mol. The van der Waals surface area contributed by atoms with Crippen LogP contribution in [0.2, 0.25) is 0 Å². The molecular formula is C6H13OP. The highest BCUT2D eigenvalue weighted by molar-refractivity contribution is 7.24. The van der Waals surface area contributed by atoms with Crippen LogP contribution in [0.25, 0.3) is 0 Å². The lowest BCUT2D eigenvalue weighted by Gasteiger charge is -2.07. The van der Waals surface area contributed by atoms with Gasteiger partial charge in [0.1, 0.15) is 0 Å². The summed E-state index contributed by atoms with van der Waals surface area (Å²) in [6.45, 7) is 6.26. The highest BCUT2D eigenvalue weighted by Crippen LogP contribution is 2.19. The van der Waals surface area contributed by atoms with Crippen LogP contribution in [0.5, 0.6) is 0 Å². The molecule has 0 aliphatic carbocycles. The van der Waals surface area contributed by atoms with Crippen LogP contribution in [0.4, 0.5) is 0 Å². The van der Waals surface area contributed by atoms with E-state index in [1.54, 1.807) is 0 Å². The number of hydrogen-bond donors (Lipinski definition) is 0. The van der Waals surface area contributed by atoms with E-state index in [9.17, 15) is 4.57 Å². The molecule has 8 heavy (non-hydrogen) atoms. The first-order valence-electron chi connectivity index (χ1n) is 3.04. The lowest BCUT2D eigenvalue weighted by molar-refractivity contribution is 0.544. The zero-order chi connectivity index (χ0) is 6.57. The van der Waals surface area contributed by atoms with Crippen LogP contribution >= 0.6 is 8.46 Å². The van der Waals surface area contributed by atoms with E-state index in [0.29, 0.717) is 20.0 Å². The van der Waals surface area contributed by atoms with Crippen molar-refractivity contribution in [2.45, 2.75) is 32.9 Å². The third-order valence-corrected chi connectivity index (χ3v) is 2.56. The molecule has 0 bridgehead atoms. The second-order valence-corrected chi connectivity index (χ2v) is 3.20. The lowest BCUT2D eigenvalue weighted by Crippen LogP contribution is -2.04. The highest BCUT2D eigenvalue weighted by Gasteiger charge is 2.08. The molecular weight excluding hydrogens is 119 g/mol. The average molecular weight is 132 g/mol. The van der Waals surface area contributed by atoms with Crippen LogP contribution in [0.3, 0.4) is 0 Å². The van der Waals surface area contributed by atoms with Crippen LogP contribution in [0.1, 0.15) is 27.2 Å². The van der Waals surface area contributed by atoms with E-state index >= 15 is 0 Å². The highest BCUT2D eigenvalue weighted by atomic mass is 31.1. The molecule has 0 aliphatic rings. The van der Waals surface area contributed by atoms with Gasteiger partial charge in [-0.25, -0.2) is 0 Å². The number of hydrogen-bond acceptors (Lipinski definition) is 1. The van der Waals surface area contributed by atoms with Gasteiger partial charge in [0.2, 0.25) is 0 Å². The van der Waals surface area contributed by atoms with Gasteiger partial charge in [-0.1, -0.05) is 20.8 Å². The Morgan fingerprint density at radius 2 is 2.00 bits per heavy atom. The van der Waals surface area contributed by atoms with Gasteiger partial charge in [-0.2, -0.15) is 0 Å². The fraction of sp³-hybridized carbons (Fsp3) is 1.00. The Balaban J connectivity index is 3.51. The van der Waals surface area contributed by atoms with Crippen molar-refractivity contribution < 1.29 is 4.57 Å². The standard InChI is InChI=1S/C6H13OP/c1-4-6(8-7)5(2)3/h5-6H,4H2,1-3H3. The summed E-state index contributed by atoms with van der Waals surface area (Å²) >= 11 is 0. The number of rotatable bonds is 3. The van der Waals surface area contributed by atoms with Crippen LogP contribution < -0.4 is 0 Å². The zero-order valence-electron chi connectivity index (χ0n) is 5.72. The maximum Gasteiger partial charge on any atom is 0.158 e. The van der Waals surface area contributed by atoms with Crippen LogP contribution in [-0.2, 0) is 4.57 Å². The molecule has 0 aromatic heterocycles. The van der Waals surface area contributed by atoms with Crippen molar-refractivity contribution >= 4 is 8.46 Å². The summed E-state index contributed by atoms with van der Waals surface area (Å²) in [4.78, 5) is 0. The molecule has 0 spiro atoms. The van der Waals surface area contributed by atoms with E-state index in [2.05, 4.69) is 20.8 Å². The van der Waals surface area contributed by atoms with Crippen LogP contribution in [-0.4, -0.2) is 5.66 Å². The molecule has 1 nitrogen and oxygen atoms in total. The minimum Gasteiger partial charge on any atom is -0.275 e. The van der Waals surface area contributed by atoms with Gasteiger partial charge in [0, 0.05) is 5.66 Å². The molecule has 0 rings (SSSR count). The zero-order valence-corrected chi connectivity index (χ0v) is 6.61. The molecule has 1 atom stereocenters. The molecule has 0 amide bonds. The quantitative estimate of drug-likeness (QED) is 0.539. The Bertz CT molecular complexity index is 70.9. The van der Waals surface area contributed by atoms with E-state index < -0.39 is 0 Å². The molecule has 0 aromatic carbocycles. The normalized spacial score (nSPS) is 15.0. The van der Waals surface area contributed by atoms with E-state index in [-0.39, 0.29) is 0 Å². The summed E-state index contributed by atoms with van der Waals surface area (Å²) in [5.74, 6) is 0.555. The summed E-state index contributed by atoms with van der Waals surface area (Å²) in [5, 5.41) is 0. The average Bonchev–Trinajstić information content (AvgIpc) is 1.69. The fourth-order valence-electron chi connectivity index (χ4n) is 0.668. The van der Waals surface area contributed by atoms with Crippen LogP contribution in [0.15, 0.2) is 0 Å². The van der Waals surface area contributed by atoms with Crippen molar-refractivity contribution in [3.63, 3.8) is 0 Å². The molecule has 0 fully saturated rings. The van der Waals surface area contributed by atoms with Crippen LogP contribution in [0, 0.1) is 5.92 Å². The Hall–Kier alpha value is 0.100. The Morgan fingerprint density at radius 1 is 1.50 bits per heavy atom. The molecule has 0 heterocycles. The van der Waals surface area contributed by atoms with Crippen molar-refractivity contribution in [1.29, 1.82) is 0 Å². The van der Waals surface area contributed by atoms with E-state index in [1.807, 2.05) is 0 Å². The molecule has 0 aromatic rings. The van der Waals surface area contributed by atoms with Gasteiger partial charge in [-0.3, -0.25) is 4.57 Å². The summed E-state index contributed by atoms with van der Waals surface area (Å²) in [6, 6.07) is 0. The largest absolute Gasteiger partial charge is 0.275 e. The maximum atomic E-state index is 10.3. The molecule has 48 valence electrons. The molecule has 0 N–H and O–H groups in total. The monoisotopic (exact) mass is 132 g/mol. The van der Waals surface area contributed by atoms with Crippen molar-refractivity contribution in [2.24, 2.45) is 5.92 Å². The summed E-state index contributed by atoms with van der Waals surface area (Å²) in [7, 11) is 0.304. The van der Waals surface area contributed by atoms with Gasteiger partial charge in [0.05, 0.1) is 0 Å². The van der Waals surface area contributed by atoms with Gasteiger partial charge in [0.25, 0.3) is 0 Å². The van der Waals surface area contributed by atoms with E-state index in [0.717, 1.165) is 6.42 Å². The Morgan fingerprint density at radius 3 is 2.00 bits per heavy atom. The van der Waals surface area contributed by atoms with Gasteiger partial charge in [0.15, 0.2) is 8.46 Å². The summed E-state index contributed by atoms with van der Waals surface area (Å²) in [6.07, 6.45) is 1.02. The molecule has 2 heteroatoms. The van der Waals surface area contributed by atoms with E-state index in [1.165, 1.54) is 0 Å². The van der Waals surface area contributed by atoms with Gasteiger partial charge in [-0.15, -0.1) is 0 Å². The second kappa shape index (κ2) is 4.03. The Kier molecular flexibility index (Phi) is 4.08. The smallest absolute Gasteiger partial charge is 0.158 e. The molecule has 0 saturated heterocycles. The molecule has 0 aliphatic heterocycles. The van der Waals surface area contributed by atoms with E-state index in [4.69, 9.17) is 0 Å². The van der Waals surface area contributed by atoms with Gasteiger partial charge < -0.3 is 0 Å². The molecule has 0 saturated carbocycles. The Labute approximate surface area is 52.7 Å². The topological polar surface area (TPSA) is 17.1 Å². The SMILES string of the molecule is CCC(P=O)C(C)C. The lowest BCUT2D eigenvalue weighted by atomic mass is 10.1. The van der Waals surface area contributed by atoms with Crippen molar-refractivity contribution in [3.8, 4) is 0 Å². The minimum atomic E-state index is 0.304. The molecule has 0 radical (unpaired) electrons. The summed E-state index contributed by atoms with van der Waals surface area (Å²) < 4.78 is 10.3. The third kappa shape index (κ3) is 2.42. The minimum absolute atomic E-state index is 0.304. The molecule has 1 unspecified atom stereocenters. The van der Waals surface area contributed by atoms with Crippen molar-refractivity contribution in [3.05, 3.63) is 0 Å². The van der Waals surface area contributed by atoms with Gasteiger partial charge in [-0.05, 0) is 12.3 Å². The first-order valence-corrected chi connectivity index (χ1v) is 3.93. The third-order valence-electron chi connectivity index (χ3n) is 1.32. The second-order valence-electron chi connectivity index (χ2n) is 2.33. The van der Waals surface area contributed by atoms with Gasteiger partial charge >= 0.3 is 0 Å². The fourth-order valence-corrected chi connectivity index (χ4v) is 1.06. The first-order chi connectivity index (χ1) is 3.72.